The van der Waals surface area contributed by atoms with Gasteiger partial charge in [-0.25, -0.2) is 9.59 Å². The molecule has 0 heterocycles. The molecule has 0 unspecified atom stereocenters. The number of carbonyl (C=O) groups is 2. The molecule has 1 atom stereocenters. The zero-order valence-corrected chi connectivity index (χ0v) is 15.8. The molecule has 128 valence electrons. The quantitative estimate of drug-likeness (QED) is 0.549. The van der Waals surface area contributed by atoms with E-state index in [1.54, 1.807) is 45.9 Å². The predicted octanol–water partition coefficient (Wildman–Crippen LogP) is 3.00. The van der Waals surface area contributed by atoms with Gasteiger partial charge in [-0.05, 0) is 68.0 Å². The molecule has 0 aromatic heterocycles. The number of ether oxygens (including phenoxy) is 2. The molecule has 0 aliphatic rings. The van der Waals surface area contributed by atoms with Gasteiger partial charge in [0, 0.05) is 6.42 Å². The number of hydrogen-bond acceptors (Lipinski definition) is 5. The Hall–Kier alpha value is -1.51. The molecule has 0 fully saturated rings. The second kappa shape index (κ2) is 8.37. The summed E-state index contributed by atoms with van der Waals surface area (Å²) >= 11 is 2.00. The van der Waals surface area contributed by atoms with Crippen molar-refractivity contribution >= 4 is 34.7 Å². The maximum absolute atomic E-state index is 12.1. The van der Waals surface area contributed by atoms with Crippen molar-refractivity contribution < 1.29 is 24.2 Å². The number of phenolic OH excluding ortho intramolecular Hbond substituents is 1. The van der Waals surface area contributed by atoms with E-state index in [2.05, 4.69) is 5.32 Å². The predicted molar refractivity (Wildman–Crippen MR) is 94.3 cm³/mol. The van der Waals surface area contributed by atoms with Crippen LogP contribution < -0.4 is 5.32 Å². The minimum absolute atomic E-state index is 0.169. The van der Waals surface area contributed by atoms with E-state index >= 15 is 0 Å². The van der Waals surface area contributed by atoms with Gasteiger partial charge in [0.05, 0.1) is 10.2 Å². The summed E-state index contributed by atoms with van der Waals surface area (Å²) in [6.45, 7) is 7.15. The molecule has 0 saturated carbocycles. The van der Waals surface area contributed by atoms with Crippen molar-refractivity contribution in [2.24, 2.45) is 0 Å². The first-order chi connectivity index (χ1) is 10.6. The lowest BCUT2D eigenvalue weighted by molar-refractivity contribution is -0.145. The van der Waals surface area contributed by atoms with E-state index < -0.39 is 23.7 Å². The first-order valence-electron chi connectivity index (χ1n) is 7.26. The molecule has 0 spiro atoms. The number of halogens is 1. The van der Waals surface area contributed by atoms with Gasteiger partial charge in [-0.3, -0.25) is 0 Å². The fourth-order valence-corrected chi connectivity index (χ4v) is 2.38. The van der Waals surface area contributed by atoms with Crippen LogP contribution in [0.1, 0.15) is 33.3 Å². The summed E-state index contributed by atoms with van der Waals surface area (Å²) in [5.74, 6) is -0.358. The van der Waals surface area contributed by atoms with Crippen LogP contribution in [0.25, 0.3) is 0 Å². The lowest BCUT2D eigenvalue weighted by Crippen LogP contribution is -2.45. The van der Waals surface area contributed by atoms with Gasteiger partial charge in [0.2, 0.25) is 0 Å². The van der Waals surface area contributed by atoms with Gasteiger partial charge in [0.15, 0.2) is 0 Å². The van der Waals surface area contributed by atoms with Crippen molar-refractivity contribution in [3.8, 4) is 5.75 Å². The lowest BCUT2D eigenvalue weighted by Gasteiger charge is -2.23. The molecule has 1 rings (SSSR count). The molecule has 0 radical (unpaired) electrons. The highest BCUT2D eigenvalue weighted by molar-refractivity contribution is 14.1. The van der Waals surface area contributed by atoms with Crippen molar-refractivity contribution in [1.82, 2.24) is 5.32 Å². The summed E-state index contributed by atoms with van der Waals surface area (Å²) in [5.41, 5.74) is 0.137. The van der Waals surface area contributed by atoms with Crippen molar-refractivity contribution in [2.45, 2.75) is 45.8 Å². The molecule has 0 saturated heterocycles. The van der Waals surface area contributed by atoms with Crippen molar-refractivity contribution in [1.29, 1.82) is 0 Å². The van der Waals surface area contributed by atoms with Crippen LogP contribution in [0.2, 0.25) is 0 Å². The maximum atomic E-state index is 12.1. The SMILES string of the molecule is CCOC(=O)[C@H](Cc1ccc(O)c(I)c1)NC(=O)OC(C)(C)C. The summed E-state index contributed by atoms with van der Waals surface area (Å²) < 4.78 is 10.8. The average molecular weight is 435 g/mol. The van der Waals surface area contributed by atoms with E-state index in [-0.39, 0.29) is 18.8 Å². The van der Waals surface area contributed by atoms with Gasteiger partial charge in [-0.1, -0.05) is 6.07 Å². The second-order valence-electron chi connectivity index (χ2n) is 5.94. The van der Waals surface area contributed by atoms with Gasteiger partial charge >= 0.3 is 12.1 Å². The summed E-state index contributed by atoms with van der Waals surface area (Å²) in [6, 6.07) is 4.14. The Bertz CT molecular complexity index is 568. The number of carbonyl (C=O) groups excluding carboxylic acids is 2. The summed E-state index contributed by atoms with van der Waals surface area (Å²) in [5, 5.41) is 12.1. The second-order valence-corrected chi connectivity index (χ2v) is 7.10. The van der Waals surface area contributed by atoms with Crippen LogP contribution >= 0.6 is 22.6 Å². The molecular formula is C16H22INO5. The Kier molecular flexibility index (Phi) is 7.11. The highest BCUT2D eigenvalue weighted by atomic mass is 127. The van der Waals surface area contributed by atoms with Crippen LogP contribution in [-0.2, 0) is 20.7 Å². The molecule has 0 bridgehead atoms. The number of hydrogen-bond donors (Lipinski definition) is 2. The first-order valence-corrected chi connectivity index (χ1v) is 8.33. The van der Waals surface area contributed by atoms with E-state index in [0.29, 0.717) is 3.57 Å². The number of esters is 1. The topological polar surface area (TPSA) is 84.9 Å². The molecule has 6 nitrogen and oxygen atoms in total. The van der Waals surface area contributed by atoms with E-state index in [0.717, 1.165) is 5.56 Å². The van der Waals surface area contributed by atoms with Crippen LogP contribution in [0.15, 0.2) is 18.2 Å². The third-order valence-corrected chi connectivity index (χ3v) is 3.58. The first kappa shape index (κ1) is 19.5. The van der Waals surface area contributed by atoms with Crippen LogP contribution in [0, 0.1) is 3.57 Å². The van der Waals surface area contributed by atoms with Gasteiger partial charge in [-0.15, -0.1) is 0 Å². The molecule has 1 aromatic rings. The van der Waals surface area contributed by atoms with E-state index in [1.165, 1.54) is 0 Å². The highest BCUT2D eigenvalue weighted by Crippen LogP contribution is 2.21. The number of benzene rings is 1. The zero-order chi connectivity index (χ0) is 17.6. The normalized spacial score (nSPS) is 12.4. The Morgan fingerprint density at radius 1 is 1.35 bits per heavy atom. The van der Waals surface area contributed by atoms with Crippen molar-refractivity contribution in [3.63, 3.8) is 0 Å². The molecule has 0 aliphatic carbocycles. The van der Waals surface area contributed by atoms with Crippen molar-refractivity contribution in [2.75, 3.05) is 6.61 Å². The van der Waals surface area contributed by atoms with E-state index in [1.807, 2.05) is 22.6 Å². The Morgan fingerprint density at radius 3 is 2.52 bits per heavy atom. The Balaban J connectivity index is 2.85. The number of alkyl carbamates (subject to hydrolysis) is 1. The van der Waals surface area contributed by atoms with Crippen molar-refractivity contribution in [3.05, 3.63) is 27.3 Å². The van der Waals surface area contributed by atoms with Crippen LogP contribution in [-0.4, -0.2) is 35.4 Å². The van der Waals surface area contributed by atoms with Gasteiger partial charge in [0.1, 0.15) is 17.4 Å². The zero-order valence-electron chi connectivity index (χ0n) is 13.7. The largest absolute Gasteiger partial charge is 0.507 e. The molecule has 2 N–H and O–H groups in total. The highest BCUT2D eigenvalue weighted by Gasteiger charge is 2.25. The Morgan fingerprint density at radius 2 is 2.00 bits per heavy atom. The summed E-state index contributed by atoms with van der Waals surface area (Å²) in [4.78, 5) is 24.0. The smallest absolute Gasteiger partial charge is 0.408 e. The molecule has 23 heavy (non-hydrogen) atoms. The molecule has 1 aromatic carbocycles. The third kappa shape index (κ3) is 7.06. The number of rotatable bonds is 5. The number of amides is 1. The molecule has 1 amide bonds. The fourth-order valence-electron chi connectivity index (χ4n) is 1.80. The van der Waals surface area contributed by atoms with E-state index in [4.69, 9.17) is 9.47 Å². The molecular weight excluding hydrogens is 413 g/mol. The van der Waals surface area contributed by atoms with Crippen LogP contribution in [0.5, 0.6) is 5.75 Å². The lowest BCUT2D eigenvalue weighted by atomic mass is 10.1. The number of aromatic hydroxyl groups is 1. The average Bonchev–Trinajstić information content (AvgIpc) is 2.40. The third-order valence-electron chi connectivity index (χ3n) is 2.71. The number of phenols is 1. The molecule has 0 aliphatic heterocycles. The summed E-state index contributed by atoms with van der Waals surface area (Å²) in [7, 11) is 0. The van der Waals surface area contributed by atoms with Crippen LogP contribution in [0.4, 0.5) is 4.79 Å². The van der Waals surface area contributed by atoms with Gasteiger partial charge in [-0.2, -0.15) is 0 Å². The standard InChI is InChI=1S/C16H22INO5/c1-5-22-14(20)12(18-15(21)23-16(2,3)4)9-10-6-7-13(19)11(17)8-10/h6-8,12,19H,5,9H2,1-4H3,(H,18,21)/t12-/m0/s1. The monoisotopic (exact) mass is 435 g/mol. The maximum Gasteiger partial charge on any atom is 0.408 e. The minimum Gasteiger partial charge on any atom is -0.507 e. The number of nitrogens with one attached hydrogen (secondary N) is 1. The minimum atomic E-state index is -0.856. The molecule has 7 heteroatoms. The van der Waals surface area contributed by atoms with E-state index in [9.17, 15) is 14.7 Å². The van der Waals surface area contributed by atoms with Gasteiger partial charge in [0.25, 0.3) is 0 Å². The van der Waals surface area contributed by atoms with Crippen LogP contribution in [0.3, 0.4) is 0 Å². The van der Waals surface area contributed by atoms with Gasteiger partial charge < -0.3 is 19.9 Å². The summed E-state index contributed by atoms with van der Waals surface area (Å²) in [6.07, 6.45) is -0.432. The fraction of sp³-hybridized carbons (Fsp3) is 0.500. The Labute approximate surface area is 149 Å².